The van der Waals surface area contributed by atoms with Crippen molar-refractivity contribution in [3.05, 3.63) is 42.4 Å². The lowest BCUT2D eigenvalue weighted by molar-refractivity contribution is 0.102. The van der Waals surface area contributed by atoms with E-state index < -0.39 is 0 Å². The zero-order valence-corrected chi connectivity index (χ0v) is 16.5. The molecular weight excluding hydrogens is 356 g/mol. The number of anilines is 3. The predicted molar refractivity (Wildman–Crippen MR) is 111 cm³/mol. The Morgan fingerprint density at radius 2 is 2.00 bits per heavy atom. The molecule has 0 radical (unpaired) electrons. The summed E-state index contributed by atoms with van der Waals surface area (Å²) in [5, 5.41) is 6.23. The summed E-state index contributed by atoms with van der Waals surface area (Å²) < 4.78 is 5.42. The van der Waals surface area contributed by atoms with Gasteiger partial charge in [0, 0.05) is 25.7 Å². The van der Waals surface area contributed by atoms with Crippen LogP contribution in [0.4, 0.5) is 17.2 Å². The van der Waals surface area contributed by atoms with Gasteiger partial charge in [0.1, 0.15) is 17.8 Å². The van der Waals surface area contributed by atoms with E-state index in [-0.39, 0.29) is 5.91 Å². The second-order valence-electron chi connectivity index (χ2n) is 6.94. The summed E-state index contributed by atoms with van der Waals surface area (Å²) >= 11 is 0. The van der Waals surface area contributed by atoms with Crippen molar-refractivity contribution in [2.24, 2.45) is 0 Å². The second kappa shape index (κ2) is 10.0. The first-order chi connectivity index (χ1) is 13.6. The normalized spacial score (nSPS) is 14.2. The SMILES string of the molecule is CN(C)CCCNc1cc(C(=O)Nc2ccccc2N2CCOCC2)ncn1. The highest BCUT2D eigenvalue weighted by Gasteiger charge is 2.17. The Labute approximate surface area is 165 Å². The number of morpholine rings is 1. The molecule has 0 unspecified atom stereocenters. The van der Waals surface area contributed by atoms with Gasteiger partial charge in [0.2, 0.25) is 0 Å². The third kappa shape index (κ3) is 5.64. The lowest BCUT2D eigenvalue weighted by Crippen LogP contribution is -2.36. The summed E-state index contributed by atoms with van der Waals surface area (Å²) in [6.45, 7) is 4.77. The van der Waals surface area contributed by atoms with Gasteiger partial charge in [-0.15, -0.1) is 0 Å². The summed E-state index contributed by atoms with van der Waals surface area (Å²) in [7, 11) is 4.09. The zero-order chi connectivity index (χ0) is 19.8. The molecule has 8 heteroatoms. The van der Waals surface area contributed by atoms with E-state index in [1.54, 1.807) is 6.07 Å². The Morgan fingerprint density at radius 3 is 2.79 bits per heavy atom. The molecule has 150 valence electrons. The summed E-state index contributed by atoms with van der Waals surface area (Å²) in [5.74, 6) is 0.403. The minimum Gasteiger partial charge on any atom is -0.378 e. The van der Waals surface area contributed by atoms with E-state index in [0.29, 0.717) is 24.7 Å². The second-order valence-corrected chi connectivity index (χ2v) is 6.94. The molecule has 1 fully saturated rings. The molecule has 2 aromatic rings. The quantitative estimate of drug-likeness (QED) is 0.673. The van der Waals surface area contributed by atoms with E-state index in [1.807, 2.05) is 38.4 Å². The van der Waals surface area contributed by atoms with Gasteiger partial charge in [-0.05, 0) is 39.2 Å². The van der Waals surface area contributed by atoms with Crippen LogP contribution in [0.3, 0.4) is 0 Å². The average Bonchev–Trinajstić information content (AvgIpc) is 2.72. The molecule has 1 aliphatic heterocycles. The average molecular weight is 384 g/mol. The van der Waals surface area contributed by atoms with Crippen molar-refractivity contribution < 1.29 is 9.53 Å². The highest BCUT2D eigenvalue weighted by Crippen LogP contribution is 2.26. The number of ether oxygens (including phenoxy) is 1. The molecule has 1 saturated heterocycles. The Kier molecular flexibility index (Phi) is 7.16. The van der Waals surface area contributed by atoms with Gasteiger partial charge in [0.05, 0.1) is 24.6 Å². The third-order valence-electron chi connectivity index (χ3n) is 4.49. The molecule has 2 N–H and O–H groups in total. The van der Waals surface area contributed by atoms with E-state index in [0.717, 1.165) is 44.0 Å². The Hall–Kier alpha value is -2.71. The summed E-state index contributed by atoms with van der Waals surface area (Å²) in [6, 6.07) is 9.49. The maximum Gasteiger partial charge on any atom is 0.274 e. The van der Waals surface area contributed by atoms with Gasteiger partial charge in [-0.1, -0.05) is 12.1 Å². The van der Waals surface area contributed by atoms with Gasteiger partial charge in [-0.25, -0.2) is 9.97 Å². The molecule has 1 amide bonds. The van der Waals surface area contributed by atoms with Crippen LogP contribution in [0.5, 0.6) is 0 Å². The number of nitrogens with one attached hydrogen (secondary N) is 2. The standard InChI is InChI=1S/C20H28N6O2/c1-25(2)9-5-8-21-19-14-17(22-15-23-19)20(27)24-16-6-3-4-7-18(16)26-10-12-28-13-11-26/h3-4,6-7,14-15H,5,8-13H2,1-2H3,(H,24,27)(H,21,22,23). The van der Waals surface area contributed by atoms with Gasteiger partial charge in [0.25, 0.3) is 5.91 Å². The van der Waals surface area contributed by atoms with E-state index in [2.05, 4.69) is 30.4 Å². The van der Waals surface area contributed by atoms with Crippen LogP contribution >= 0.6 is 0 Å². The van der Waals surface area contributed by atoms with Crippen molar-refractivity contribution >= 4 is 23.1 Å². The van der Waals surface area contributed by atoms with Crippen LogP contribution in [0, 0.1) is 0 Å². The number of para-hydroxylation sites is 2. The van der Waals surface area contributed by atoms with Crippen molar-refractivity contribution in [1.82, 2.24) is 14.9 Å². The summed E-state index contributed by atoms with van der Waals surface area (Å²) in [5.41, 5.74) is 2.10. The first kappa shape index (κ1) is 20.0. The van der Waals surface area contributed by atoms with Gasteiger partial charge in [0.15, 0.2) is 0 Å². The first-order valence-corrected chi connectivity index (χ1v) is 9.57. The molecule has 28 heavy (non-hydrogen) atoms. The number of benzene rings is 1. The van der Waals surface area contributed by atoms with Crippen LogP contribution in [0.15, 0.2) is 36.7 Å². The van der Waals surface area contributed by atoms with Crippen LogP contribution < -0.4 is 15.5 Å². The molecule has 0 spiro atoms. The molecule has 2 heterocycles. The monoisotopic (exact) mass is 384 g/mol. The largest absolute Gasteiger partial charge is 0.378 e. The molecular formula is C20H28N6O2. The number of rotatable bonds is 8. The fraction of sp³-hybridized carbons (Fsp3) is 0.450. The van der Waals surface area contributed by atoms with Crippen LogP contribution in [0.25, 0.3) is 0 Å². The molecule has 0 atom stereocenters. The predicted octanol–water partition coefficient (Wildman–Crippen LogP) is 1.93. The van der Waals surface area contributed by atoms with Gasteiger partial charge in [-0.2, -0.15) is 0 Å². The number of nitrogens with zero attached hydrogens (tertiary/aromatic N) is 4. The van der Waals surface area contributed by atoms with E-state index in [4.69, 9.17) is 4.74 Å². The third-order valence-corrected chi connectivity index (χ3v) is 4.49. The van der Waals surface area contributed by atoms with Gasteiger partial charge < -0.3 is 25.2 Å². The lowest BCUT2D eigenvalue weighted by atomic mass is 10.2. The molecule has 0 saturated carbocycles. The fourth-order valence-electron chi connectivity index (χ4n) is 3.04. The number of hydrogen-bond donors (Lipinski definition) is 2. The van der Waals surface area contributed by atoms with Crippen LogP contribution in [-0.2, 0) is 4.74 Å². The Bertz CT molecular complexity index is 777. The molecule has 3 rings (SSSR count). The fourth-order valence-corrected chi connectivity index (χ4v) is 3.04. The van der Waals surface area contributed by atoms with Crippen molar-refractivity contribution in [1.29, 1.82) is 0 Å². The van der Waals surface area contributed by atoms with Crippen LogP contribution in [-0.4, -0.2) is 74.3 Å². The summed E-state index contributed by atoms with van der Waals surface area (Å²) in [4.78, 5) is 25.4. The number of amides is 1. The van der Waals surface area contributed by atoms with Crippen molar-refractivity contribution in [3.8, 4) is 0 Å². The topological polar surface area (TPSA) is 82.6 Å². The Balaban J connectivity index is 1.64. The highest BCUT2D eigenvalue weighted by atomic mass is 16.5. The number of hydrogen-bond acceptors (Lipinski definition) is 7. The number of carbonyl (C=O) groups excluding carboxylic acids is 1. The molecule has 0 bridgehead atoms. The number of carbonyl (C=O) groups is 1. The van der Waals surface area contributed by atoms with E-state index in [9.17, 15) is 4.79 Å². The molecule has 8 nitrogen and oxygen atoms in total. The highest BCUT2D eigenvalue weighted by molar-refractivity contribution is 6.05. The molecule has 1 aromatic heterocycles. The van der Waals surface area contributed by atoms with E-state index >= 15 is 0 Å². The van der Waals surface area contributed by atoms with Crippen LogP contribution in [0.2, 0.25) is 0 Å². The lowest BCUT2D eigenvalue weighted by Gasteiger charge is -2.30. The Morgan fingerprint density at radius 1 is 1.21 bits per heavy atom. The molecule has 1 aliphatic rings. The molecule has 0 aliphatic carbocycles. The summed E-state index contributed by atoms with van der Waals surface area (Å²) in [6.07, 6.45) is 2.41. The maximum atomic E-state index is 12.7. The smallest absolute Gasteiger partial charge is 0.274 e. The van der Waals surface area contributed by atoms with Crippen molar-refractivity contribution in [2.75, 3.05) is 69.0 Å². The molecule has 1 aromatic carbocycles. The minimum atomic E-state index is -0.251. The van der Waals surface area contributed by atoms with Crippen molar-refractivity contribution in [3.63, 3.8) is 0 Å². The van der Waals surface area contributed by atoms with Crippen molar-refractivity contribution in [2.45, 2.75) is 6.42 Å². The minimum absolute atomic E-state index is 0.251. The van der Waals surface area contributed by atoms with Crippen LogP contribution in [0.1, 0.15) is 16.9 Å². The van der Waals surface area contributed by atoms with Gasteiger partial charge >= 0.3 is 0 Å². The van der Waals surface area contributed by atoms with Gasteiger partial charge in [-0.3, -0.25) is 4.79 Å². The number of aromatic nitrogens is 2. The van der Waals surface area contributed by atoms with E-state index in [1.165, 1.54) is 6.33 Å². The maximum absolute atomic E-state index is 12.7. The zero-order valence-electron chi connectivity index (χ0n) is 16.5. The first-order valence-electron chi connectivity index (χ1n) is 9.57.